The largest absolute Gasteiger partial charge is 0.324 e. The van der Waals surface area contributed by atoms with Crippen molar-refractivity contribution in [3.63, 3.8) is 0 Å². The molecule has 39 heavy (non-hydrogen) atoms. The molecule has 0 aliphatic carbocycles. The van der Waals surface area contributed by atoms with Gasteiger partial charge >= 0.3 is 0 Å². The smallest absolute Gasteiger partial charge is 0.255 e. The van der Waals surface area contributed by atoms with E-state index in [1.165, 1.54) is 5.56 Å². The molecule has 2 aromatic heterocycles. The predicted molar refractivity (Wildman–Crippen MR) is 156 cm³/mol. The van der Waals surface area contributed by atoms with Gasteiger partial charge in [-0.05, 0) is 60.5 Å². The number of amides is 1. The zero-order valence-electron chi connectivity index (χ0n) is 22.3. The van der Waals surface area contributed by atoms with Crippen molar-refractivity contribution in [1.29, 1.82) is 0 Å². The second-order valence-corrected chi connectivity index (χ2v) is 10.5. The van der Waals surface area contributed by atoms with Gasteiger partial charge < -0.3 is 15.1 Å². The Labute approximate surface area is 234 Å². The fourth-order valence-electron chi connectivity index (χ4n) is 4.54. The van der Waals surface area contributed by atoms with Crippen LogP contribution in [0.4, 0.5) is 17.3 Å². The zero-order valence-corrected chi connectivity index (χ0v) is 23.0. The SMILES string of the molecule is Cc1ccc(NC(=O)c2ccc(CN3CC[N+](C)(CCl)CC3)cc2)cc1Nc1nccc(-c2cccnc2)n1. The van der Waals surface area contributed by atoms with Gasteiger partial charge in [-0.3, -0.25) is 14.7 Å². The molecule has 5 rings (SSSR count). The summed E-state index contributed by atoms with van der Waals surface area (Å²) in [5.74, 6) is 0.317. The summed E-state index contributed by atoms with van der Waals surface area (Å²) in [6.07, 6.45) is 5.21. The van der Waals surface area contributed by atoms with Crippen LogP contribution in [0.15, 0.2) is 79.3 Å². The van der Waals surface area contributed by atoms with E-state index in [-0.39, 0.29) is 5.91 Å². The number of aromatic nitrogens is 3. The molecule has 4 aromatic rings. The van der Waals surface area contributed by atoms with Crippen LogP contribution < -0.4 is 10.6 Å². The Morgan fingerprint density at radius 1 is 1.05 bits per heavy atom. The van der Waals surface area contributed by atoms with E-state index in [2.05, 4.69) is 37.5 Å². The van der Waals surface area contributed by atoms with E-state index in [9.17, 15) is 4.79 Å². The Morgan fingerprint density at radius 3 is 2.56 bits per heavy atom. The second kappa shape index (κ2) is 11.9. The third-order valence-corrected chi connectivity index (χ3v) is 7.75. The van der Waals surface area contributed by atoms with Gasteiger partial charge in [0, 0.05) is 60.7 Å². The highest BCUT2D eigenvalue weighted by Gasteiger charge is 2.27. The number of benzene rings is 2. The third-order valence-electron chi connectivity index (χ3n) is 7.18. The monoisotopic (exact) mass is 542 g/mol. The highest BCUT2D eigenvalue weighted by molar-refractivity contribution is 6.17. The van der Waals surface area contributed by atoms with Gasteiger partial charge in [0.1, 0.15) is 0 Å². The van der Waals surface area contributed by atoms with Crippen LogP contribution in [0.25, 0.3) is 11.3 Å². The first-order chi connectivity index (χ1) is 18.9. The van der Waals surface area contributed by atoms with Crippen molar-refractivity contribution >= 4 is 34.8 Å². The molecule has 200 valence electrons. The maximum atomic E-state index is 13.0. The lowest BCUT2D eigenvalue weighted by Crippen LogP contribution is -2.56. The predicted octanol–water partition coefficient (Wildman–Crippen LogP) is 5.30. The Hall–Kier alpha value is -3.85. The quantitative estimate of drug-likeness (QED) is 0.178. The molecule has 1 fully saturated rings. The molecule has 2 N–H and O–H groups in total. The van der Waals surface area contributed by atoms with Crippen molar-refractivity contribution < 1.29 is 9.28 Å². The van der Waals surface area contributed by atoms with Gasteiger partial charge in [0.15, 0.2) is 6.00 Å². The Kier molecular flexibility index (Phi) is 8.16. The average Bonchev–Trinajstić information content (AvgIpc) is 2.97. The van der Waals surface area contributed by atoms with Gasteiger partial charge in [-0.25, -0.2) is 9.97 Å². The van der Waals surface area contributed by atoms with Crippen molar-refractivity contribution in [3.8, 4) is 11.3 Å². The maximum Gasteiger partial charge on any atom is 0.255 e. The number of likely N-dealkylation sites (N-methyl/N-ethyl adjacent to an activating group) is 1. The maximum absolute atomic E-state index is 13.0. The number of hydrogen-bond acceptors (Lipinski definition) is 6. The summed E-state index contributed by atoms with van der Waals surface area (Å²) >= 11 is 6.12. The van der Waals surface area contributed by atoms with E-state index in [1.807, 2.05) is 67.6 Å². The molecule has 1 aliphatic heterocycles. The van der Waals surface area contributed by atoms with Gasteiger partial charge in [0.2, 0.25) is 5.95 Å². The summed E-state index contributed by atoms with van der Waals surface area (Å²) in [7, 11) is 2.21. The van der Waals surface area contributed by atoms with Crippen LogP contribution in [-0.2, 0) is 6.54 Å². The van der Waals surface area contributed by atoms with Crippen molar-refractivity contribution in [1.82, 2.24) is 19.9 Å². The van der Waals surface area contributed by atoms with E-state index in [4.69, 9.17) is 11.6 Å². The van der Waals surface area contributed by atoms with Crippen LogP contribution in [0.1, 0.15) is 21.5 Å². The summed E-state index contributed by atoms with van der Waals surface area (Å²) in [6, 6.07) is 19.9. The number of nitrogens with zero attached hydrogens (tertiary/aromatic N) is 5. The highest BCUT2D eigenvalue weighted by atomic mass is 35.5. The molecule has 0 bridgehead atoms. The molecule has 1 aliphatic rings. The van der Waals surface area contributed by atoms with Crippen LogP contribution in [0, 0.1) is 6.92 Å². The number of aryl methyl sites for hydroxylation is 1. The van der Waals surface area contributed by atoms with E-state index < -0.39 is 0 Å². The highest BCUT2D eigenvalue weighted by Crippen LogP contribution is 2.25. The summed E-state index contributed by atoms with van der Waals surface area (Å²) in [5.41, 5.74) is 6.02. The van der Waals surface area contributed by atoms with Gasteiger partial charge in [-0.2, -0.15) is 0 Å². The molecule has 0 spiro atoms. The summed E-state index contributed by atoms with van der Waals surface area (Å²) < 4.78 is 0.915. The minimum absolute atomic E-state index is 0.153. The number of carbonyl (C=O) groups excluding carboxylic acids is 1. The zero-order chi connectivity index (χ0) is 27.2. The van der Waals surface area contributed by atoms with E-state index >= 15 is 0 Å². The summed E-state index contributed by atoms with van der Waals surface area (Å²) in [5, 5.41) is 6.30. The molecular weight excluding hydrogens is 510 g/mol. The first kappa shape index (κ1) is 26.7. The molecule has 3 heterocycles. The van der Waals surface area contributed by atoms with Crippen LogP contribution in [0.2, 0.25) is 0 Å². The van der Waals surface area contributed by atoms with Crippen LogP contribution in [0.5, 0.6) is 0 Å². The topological polar surface area (TPSA) is 83.0 Å². The Balaban J connectivity index is 1.21. The first-order valence-electron chi connectivity index (χ1n) is 13.0. The number of halogens is 1. The number of anilines is 3. The van der Waals surface area contributed by atoms with E-state index in [0.29, 0.717) is 23.2 Å². The fraction of sp³-hybridized carbons (Fsp3) is 0.267. The van der Waals surface area contributed by atoms with Crippen molar-refractivity contribution in [2.45, 2.75) is 13.5 Å². The van der Waals surface area contributed by atoms with Crippen LogP contribution >= 0.6 is 11.6 Å². The number of piperazine rings is 1. The second-order valence-electron chi connectivity index (χ2n) is 10.3. The van der Waals surface area contributed by atoms with Gasteiger partial charge in [-0.1, -0.05) is 29.8 Å². The normalized spacial score (nSPS) is 15.1. The van der Waals surface area contributed by atoms with Crippen LogP contribution in [0.3, 0.4) is 0 Å². The van der Waals surface area contributed by atoms with Gasteiger partial charge in [-0.15, -0.1) is 0 Å². The van der Waals surface area contributed by atoms with E-state index in [0.717, 1.165) is 59.7 Å². The minimum Gasteiger partial charge on any atom is -0.324 e. The molecule has 0 radical (unpaired) electrons. The molecule has 1 saturated heterocycles. The lowest BCUT2D eigenvalue weighted by molar-refractivity contribution is -0.903. The minimum atomic E-state index is -0.153. The summed E-state index contributed by atoms with van der Waals surface area (Å²) in [6.45, 7) is 7.03. The van der Waals surface area contributed by atoms with Crippen molar-refractivity contribution in [2.24, 2.45) is 0 Å². The van der Waals surface area contributed by atoms with Crippen LogP contribution in [-0.4, -0.2) is 69.5 Å². The standard InChI is InChI=1S/C30H32ClN7O/c1-22-5-10-26(18-28(22)36-30-33-13-11-27(35-30)25-4-3-12-32-19-25)34-29(39)24-8-6-23(7-9-24)20-37-14-16-38(2,21-31)17-15-37/h3-13,18-19H,14-17,20-21H2,1-2H3,(H-,33,34,35,36,39)/p+1. The lowest BCUT2D eigenvalue weighted by atomic mass is 10.1. The number of alkyl halides is 1. The Bertz CT molecular complexity index is 1420. The molecule has 8 nitrogen and oxygen atoms in total. The Morgan fingerprint density at radius 2 is 1.85 bits per heavy atom. The number of pyridine rings is 1. The molecule has 9 heteroatoms. The number of quaternary nitrogens is 1. The molecule has 0 saturated carbocycles. The third kappa shape index (κ3) is 6.78. The van der Waals surface area contributed by atoms with Gasteiger partial charge in [0.05, 0.1) is 25.8 Å². The molecule has 0 atom stereocenters. The first-order valence-corrected chi connectivity index (χ1v) is 13.6. The number of carbonyl (C=O) groups is 1. The molecule has 2 aromatic carbocycles. The van der Waals surface area contributed by atoms with Gasteiger partial charge in [0.25, 0.3) is 5.91 Å². The van der Waals surface area contributed by atoms with Crippen molar-refractivity contribution in [2.75, 3.05) is 49.9 Å². The number of hydrogen-bond donors (Lipinski definition) is 2. The lowest BCUT2D eigenvalue weighted by Gasteiger charge is -2.40. The fourth-order valence-corrected chi connectivity index (χ4v) is 4.78. The number of rotatable bonds is 8. The molecule has 1 amide bonds. The number of nitrogens with one attached hydrogen (secondary N) is 2. The van der Waals surface area contributed by atoms with Crippen molar-refractivity contribution in [3.05, 3.63) is 95.9 Å². The van der Waals surface area contributed by atoms with E-state index in [1.54, 1.807) is 18.6 Å². The molecule has 0 unspecified atom stereocenters. The molecular formula is C30H33ClN7O+. The summed E-state index contributed by atoms with van der Waals surface area (Å²) in [4.78, 5) is 28.6. The average molecular weight is 543 g/mol.